The molecular weight excluding hydrogens is 616 g/mol. The molecule has 1 heterocycles. The van der Waals surface area contributed by atoms with E-state index >= 15 is 0 Å². The Kier molecular flexibility index (Phi) is 8.86. The van der Waals surface area contributed by atoms with Crippen molar-refractivity contribution in [3.8, 4) is 0 Å². The first-order chi connectivity index (χ1) is 22.2. The summed E-state index contributed by atoms with van der Waals surface area (Å²) in [5, 5.41) is 53.4. The molecule has 5 N–H and O–H groups in total. The van der Waals surface area contributed by atoms with Gasteiger partial charge in [-0.25, -0.2) is 0 Å². The van der Waals surface area contributed by atoms with Crippen molar-refractivity contribution in [1.29, 1.82) is 0 Å². The van der Waals surface area contributed by atoms with Crippen molar-refractivity contribution >= 4 is 11.9 Å². The molecule has 4 saturated carbocycles. The van der Waals surface area contributed by atoms with Gasteiger partial charge in [-0.05, 0) is 99.2 Å². The number of carbonyl (C=O) groups is 2. The number of aliphatic hydroxyl groups excluding tert-OH is 4. The number of rotatable bonds is 5. The van der Waals surface area contributed by atoms with E-state index in [0.29, 0.717) is 12.8 Å². The Balaban J connectivity index is 1.37. The number of fused-ring (bicyclic) bond motifs is 7. The molecule has 0 amide bonds. The van der Waals surface area contributed by atoms with Gasteiger partial charge in [-0.2, -0.15) is 0 Å². The number of aliphatic carboxylic acids is 1. The number of allylic oxidation sites excluding steroid dienone is 2. The molecule has 2 unspecified atom stereocenters. The third kappa shape index (κ3) is 5.01. The maximum absolute atomic E-state index is 12.6. The summed E-state index contributed by atoms with van der Waals surface area (Å²) < 4.78 is 18.1. The molecule has 6 aliphatic rings. The summed E-state index contributed by atoms with van der Waals surface area (Å²) in [6.45, 7) is 16.5. The summed E-state index contributed by atoms with van der Waals surface area (Å²) in [5.41, 5.74) is -0.893. The Bertz CT molecular complexity index is 1330. The highest BCUT2D eigenvalue weighted by atomic mass is 16.7. The molecule has 1 aliphatic heterocycles. The molecule has 10 heteroatoms. The third-order valence-electron chi connectivity index (χ3n) is 15.9. The molecule has 1 saturated heterocycles. The number of carbonyl (C=O) groups excluding carboxylic acids is 1. The van der Waals surface area contributed by atoms with Crippen LogP contribution in [0.1, 0.15) is 113 Å². The van der Waals surface area contributed by atoms with Crippen LogP contribution in [0.25, 0.3) is 0 Å². The number of carboxylic acids is 1. The van der Waals surface area contributed by atoms with Gasteiger partial charge in [0.05, 0.1) is 24.2 Å². The molecule has 0 aromatic heterocycles. The lowest BCUT2D eigenvalue weighted by Gasteiger charge is -2.72. The Hall–Kier alpha value is -1.56. The van der Waals surface area contributed by atoms with Crippen LogP contribution in [0.2, 0.25) is 0 Å². The van der Waals surface area contributed by atoms with Crippen molar-refractivity contribution in [2.24, 2.45) is 50.2 Å². The molecular formula is C38H60O10. The summed E-state index contributed by atoms with van der Waals surface area (Å²) in [4.78, 5) is 25.1. The van der Waals surface area contributed by atoms with Gasteiger partial charge in [0.2, 0.25) is 0 Å². The molecule has 0 spiro atoms. The smallest absolute Gasteiger partial charge is 0.309 e. The first-order valence-corrected chi connectivity index (χ1v) is 18.3. The molecule has 5 aliphatic carbocycles. The molecule has 0 radical (unpaired) electrons. The lowest BCUT2D eigenvalue weighted by atomic mass is 9.33. The molecule has 0 aromatic rings. The average molecular weight is 677 g/mol. The van der Waals surface area contributed by atoms with Crippen LogP contribution in [-0.2, 0) is 23.8 Å². The van der Waals surface area contributed by atoms with Gasteiger partial charge in [0.25, 0.3) is 0 Å². The van der Waals surface area contributed by atoms with Crippen molar-refractivity contribution in [2.75, 3.05) is 6.61 Å². The second kappa shape index (κ2) is 11.7. The van der Waals surface area contributed by atoms with Gasteiger partial charge in [0.1, 0.15) is 24.4 Å². The minimum Gasteiger partial charge on any atom is -0.481 e. The van der Waals surface area contributed by atoms with E-state index in [2.05, 4.69) is 33.8 Å². The molecule has 48 heavy (non-hydrogen) atoms. The average Bonchev–Trinajstić information content (AvgIpc) is 3.01. The predicted molar refractivity (Wildman–Crippen MR) is 176 cm³/mol. The van der Waals surface area contributed by atoms with Crippen LogP contribution in [0.4, 0.5) is 0 Å². The number of aliphatic hydroxyl groups is 4. The highest BCUT2D eigenvalue weighted by Crippen LogP contribution is 2.76. The molecule has 6 rings (SSSR count). The van der Waals surface area contributed by atoms with E-state index in [9.17, 15) is 35.1 Å². The van der Waals surface area contributed by atoms with E-state index in [0.717, 1.165) is 38.5 Å². The van der Waals surface area contributed by atoms with E-state index in [-0.39, 0.29) is 53.0 Å². The monoisotopic (exact) mass is 676 g/mol. The van der Waals surface area contributed by atoms with Crippen molar-refractivity contribution in [1.82, 2.24) is 0 Å². The van der Waals surface area contributed by atoms with Crippen LogP contribution in [0.15, 0.2) is 11.6 Å². The highest BCUT2D eigenvalue weighted by Gasteiger charge is 2.71. The summed E-state index contributed by atoms with van der Waals surface area (Å²) in [6, 6.07) is 0. The van der Waals surface area contributed by atoms with Gasteiger partial charge in [0, 0.05) is 24.2 Å². The van der Waals surface area contributed by atoms with Crippen molar-refractivity contribution < 1.29 is 49.3 Å². The van der Waals surface area contributed by atoms with Gasteiger partial charge in [0.15, 0.2) is 6.29 Å². The minimum absolute atomic E-state index is 0.0501. The second-order valence-electron chi connectivity index (χ2n) is 18.3. The molecule has 0 aromatic carbocycles. The van der Waals surface area contributed by atoms with Crippen LogP contribution < -0.4 is 0 Å². The van der Waals surface area contributed by atoms with Gasteiger partial charge in [-0.3, -0.25) is 9.59 Å². The SMILES string of the molecule is CC(=O)OC1CC(O)[C@@](C)(CO[C@@H]2O[C@@H](C)[C@H](O)[C@@H](O)[C@H]2O)[C@@H]2CC[C@]3(C)[C@H](CC=C4[C@@H]5C[C@](C)(C(=O)O)CC[C@]5(C)CC[C@]43C)[C@@]12C. The van der Waals surface area contributed by atoms with Crippen LogP contribution in [0.3, 0.4) is 0 Å². The topological polar surface area (TPSA) is 163 Å². The quantitative estimate of drug-likeness (QED) is 0.206. The zero-order valence-corrected chi connectivity index (χ0v) is 30.2. The number of hydrogen-bond donors (Lipinski definition) is 5. The lowest BCUT2D eigenvalue weighted by Crippen LogP contribution is -2.70. The Morgan fingerprint density at radius 1 is 0.917 bits per heavy atom. The van der Waals surface area contributed by atoms with Crippen molar-refractivity contribution in [3.05, 3.63) is 11.6 Å². The maximum Gasteiger partial charge on any atom is 0.309 e. The van der Waals surface area contributed by atoms with Crippen LogP contribution in [0.5, 0.6) is 0 Å². The Morgan fingerprint density at radius 2 is 1.58 bits per heavy atom. The number of carboxylic acid groups (broad SMARTS) is 1. The number of hydrogen-bond acceptors (Lipinski definition) is 9. The van der Waals surface area contributed by atoms with E-state index in [1.807, 2.05) is 13.8 Å². The molecule has 16 atom stereocenters. The maximum atomic E-state index is 12.6. The largest absolute Gasteiger partial charge is 0.481 e. The molecule has 5 fully saturated rings. The fourth-order valence-corrected chi connectivity index (χ4v) is 12.3. The molecule has 10 nitrogen and oxygen atoms in total. The van der Waals surface area contributed by atoms with Crippen LogP contribution >= 0.6 is 0 Å². The normalized spacial score (nSPS) is 54.9. The first-order valence-electron chi connectivity index (χ1n) is 18.3. The number of esters is 1. The van der Waals surface area contributed by atoms with Gasteiger partial charge in [-0.1, -0.05) is 46.3 Å². The molecule has 0 bridgehead atoms. The van der Waals surface area contributed by atoms with Gasteiger partial charge in [-0.15, -0.1) is 0 Å². The Labute approximate surface area is 285 Å². The van der Waals surface area contributed by atoms with Gasteiger partial charge < -0.3 is 39.7 Å². The summed E-state index contributed by atoms with van der Waals surface area (Å²) in [7, 11) is 0. The van der Waals surface area contributed by atoms with E-state index < -0.39 is 65.1 Å². The fourth-order valence-electron chi connectivity index (χ4n) is 12.3. The standard InChI is InChI=1S/C38H60O10/c1-20-28(41)29(42)30(43)31(47-20)46-19-35(5)24-11-12-37(7)25(38(24,8)27(17-26(35)40)48-21(2)39)10-9-22-23-18-34(4,32(44)45)14-13-33(23,3)15-16-36(22,37)6/h9,20,23-31,40-43H,10-19H2,1-8H3,(H,44,45)/t20-,23-,24-,25-,26?,27?,28-,29+,30+,31+,33+,34+,35-,36+,37+,38-/m0/s1. The highest BCUT2D eigenvalue weighted by molar-refractivity contribution is 5.74. The van der Waals surface area contributed by atoms with Crippen LogP contribution in [0, 0.1) is 50.2 Å². The summed E-state index contributed by atoms with van der Waals surface area (Å²) in [6.07, 6.45) is 2.04. The van der Waals surface area contributed by atoms with E-state index in [1.165, 1.54) is 12.5 Å². The minimum atomic E-state index is -1.45. The van der Waals surface area contributed by atoms with E-state index in [4.69, 9.17) is 14.2 Å². The molecule has 272 valence electrons. The zero-order chi connectivity index (χ0) is 35.4. The third-order valence-corrected chi connectivity index (χ3v) is 15.9. The Morgan fingerprint density at radius 3 is 2.23 bits per heavy atom. The first kappa shape index (κ1) is 36.2. The summed E-state index contributed by atoms with van der Waals surface area (Å²) in [5.74, 6) is -0.878. The fraction of sp³-hybridized carbons (Fsp3) is 0.895. The van der Waals surface area contributed by atoms with Gasteiger partial charge >= 0.3 is 11.9 Å². The van der Waals surface area contributed by atoms with Crippen LogP contribution in [-0.4, -0.2) is 87.0 Å². The summed E-state index contributed by atoms with van der Waals surface area (Å²) >= 11 is 0. The van der Waals surface area contributed by atoms with Crippen molar-refractivity contribution in [2.45, 2.75) is 156 Å². The number of ether oxygens (including phenoxy) is 3. The lowest BCUT2D eigenvalue weighted by molar-refractivity contribution is -0.314. The van der Waals surface area contributed by atoms with Crippen molar-refractivity contribution in [3.63, 3.8) is 0 Å². The second-order valence-corrected chi connectivity index (χ2v) is 18.3. The van der Waals surface area contributed by atoms with E-state index in [1.54, 1.807) is 6.92 Å². The zero-order valence-electron chi connectivity index (χ0n) is 30.2. The predicted octanol–water partition coefficient (Wildman–Crippen LogP) is 4.60.